The molecule has 6 rings (SSSR count). The highest BCUT2D eigenvalue weighted by molar-refractivity contribution is 6.02. The Morgan fingerprint density at radius 3 is 2.66 bits per heavy atom. The molecule has 2 unspecified atom stereocenters. The maximum Gasteiger partial charge on any atom is 0.511 e. The SMILES string of the molecule is CCOc1nc2cccc(C(=O)OCOC(=O)OCc3ccn(C)c3)c2n1Cc1ccc(C2=CC=CCC2(C)C2=CCC(C)OC(=O)N2)cc1. The predicted octanol–water partition coefficient (Wildman–Crippen LogP) is 7.04. The summed E-state index contributed by atoms with van der Waals surface area (Å²) >= 11 is 0. The lowest BCUT2D eigenvalue weighted by atomic mass is 9.71. The number of cyclic esters (lactones) is 1. The van der Waals surface area contributed by atoms with E-state index in [0.29, 0.717) is 36.6 Å². The van der Waals surface area contributed by atoms with E-state index in [9.17, 15) is 14.4 Å². The fourth-order valence-electron chi connectivity index (χ4n) is 6.23. The van der Waals surface area contributed by atoms with Crippen molar-refractivity contribution >= 4 is 34.8 Å². The van der Waals surface area contributed by atoms with E-state index in [1.54, 1.807) is 18.2 Å². The number of allylic oxidation sites excluding steroid dienone is 4. The second kappa shape index (κ2) is 14.8. The number of aromatic nitrogens is 3. The van der Waals surface area contributed by atoms with Gasteiger partial charge >= 0.3 is 18.2 Å². The monoisotopic (exact) mass is 680 g/mol. The van der Waals surface area contributed by atoms with Gasteiger partial charge in [0.15, 0.2) is 0 Å². The standard InChI is InChI=1S/C38H40N4O8/c1-5-46-35-39-31-11-8-9-29(34(43)48-24-49-37(45)47-23-27-18-20-41(4)21-27)33(31)42(35)22-26-13-15-28(16-14-26)30-10-6-7-19-38(30,3)32-17-12-25(2)50-36(44)40-32/h6-11,13-18,20-21,25H,5,12,19,22-24H2,1-4H3,(H,40,44). The maximum absolute atomic E-state index is 13.3. The summed E-state index contributed by atoms with van der Waals surface area (Å²) in [7, 11) is 1.86. The molecule has 1 aliphatic carbocycles. The van der Waals surface area contributed by atoms with E-state index in [2.05, 4.69) is 47.6 Å². The fraction of sp³-hybridized carbons (Fsp3) is 0.316. The number of ether oxygens (including phenoxy) is 5. The quantitative estimate of drug-likeness (QED) is 0.101. The third-order valence-corrected chi connectivity index (χ3v) is 8.76. The number of benzene rings is 2. The van der Waals surface area contributed by atoms with Gasteiger partial charge in [-0.05, 0) is 62.1 Å². The molecule has 260 valence electrons. The van der Waals surface area contributed by atoms with Gasteiger partial charge in [-0.3, -0.25) is 9.88 Å². The highest BCUT2D eigenvalue weighted by Gasteiger charge is 2.36. The fourth-order valence-corrected chi connectivity index (χ4v) is 6.23. The smallest absolute Gasteiger partial charge is 0.465 e. The number of alkyl carbamates (subject to hydrolysis) is 1. The first-order valence-electron chi connectivity index (χ1n) is 16.5. The molecule has 2 aromatic carbocycles. The van der Waals surface area contributed by atoms with Gasteiger partial charge in [-0.2, -0.15) is 4.98 Å². The molecule has 50 heavy (non-hydrogen) atoms. The molecular formula is C38H40N4O8. The Kier molecular flexibility index (Phi) is 10.1. The molecule has 2 aromatic heterocycles. The van der Waals surface area contributed by atoms with E-state index in [-0.39, 0.29) is 18.3 Å². The Labute approximate surface area is 289 Å². The zero-order chi connectivity index (χ0) is 35.3. The Bertz CT molecular complexity index is 1990. The number of amides is 1. The van der Waals surface area contributed by atoms with Crippen molar-refractivity contribution in [1.82, 2.24) is 19.4 Å². The topological polar surface area (TPSA) is 132 Å². The Morgan fingerprint density at radius 2 is 1.90 bits per heavy atom. The molecule has 3 heterocycles. The second-order valence-corrected chi connectivity index (χ2v) is 12.4. The van der Waals surface area contributed by atoms with Gasteiger partial charge in [0.05, 0.1) is 29.7 Å². The van der Waals surface area contributed by atoms with Gasteiger partial charge in [-0.25, -0.2) is 14.4 Å². The maximum atomic E-state index is 13.3. The molecule has 0 bridgehead atoms. The van der Waals surface area contributed by atoms with Crippen LogP contribution in [0.15, 0.2) is 90.9 Å². The number of nitrogens with one attached hydrogen (secondary N) is 1. The lowest BCUT2D eigenvalue weighted by Crippen LogP contribution is -2.34. The van der Waals surface area contributed by atoms with Gasteiger partial charge in [-0.15, -0.1) is 0 Å². The molecule has 0 spiro atoms. The van der Waals surface area contributed by atoms with Crippen molar-refractivity contribution in [2.75, 3.05) is 13.4 Å². The summed E-state index contributed by atoms with van der Waals surface area (Å²) in [6.45, 7) is 6.02. The number of hydrogen-bond donors (Lipinski definition) is 1. The summed E-state index contributed by atoms with van der Waals surface area (Å²) in [5, 5.41) is 2.97. The number of aryl methyl sites for hydroxylation is 1. The predicted molar refractivity (Wildman–Crippen MR) is 185 cm³/mol. The first-order valence-corrected chi connectivity index (χ1v) is 16.5. The van der Waals surface area contributed by atoms with E-state index in [0.717, 1.165) is 34.4 Å². The summed E-state index contributed by atoms with van der Waals surface area (Å²) in [5.74, 6) is -0.692. The van der Waals surface area contributed by atoms with Crippen molar-refractivity contribution in [3.8, 4) is 6.01 Å². The number of esters is 1. The van der Waals surface area contributed by atoms with E-state index in [4.69, 9.17) is 23.7 Å². The number of carbonyl (C=O) groups excluding carboxylic acids is 3. The molecule has 4 aromatic rings. The van der Waals surface area contributed by atoms with E-state index >= 15 is 0 Å². The molecule has 12 nitrogen and oxygen atoms in total. The van der Waals surface area contributed by atoms with Crippen molar-refractivity contribution in [2.45, 2.75) is 52.9 Å². The van der Waals surface area contributed by atoms with Crippen LogP contribution in [-0.4, -0.2) is 51.8 Å². The number of para-hydroxylation sites is 1. The van der Waals surface area contributed by atoms with E-state index in [1.165, 1.54) is 0 Å². The van der Waals surface area contributed by atoms with Gasteiger partial charge in [0.2, 0.25) is 6.79 Å². The molecule has 2 aliphatic rings. The lowest BCUT2D eigenvalue weighted by Gasteiger charge is -2.36. The van der Waals surface area contributed by atoms with Crippen LogP contribution in [0, 0.1) is 5.41 Å². The average molecular weight is 681 g/mol. The summed E-state index contributed by atoms with van der Waals surface area (Å²) < 4.78 is 30.3. The minimum Gasteiger partial charge on any atom is -0.465 e. The van der Waals surface area contributed by atoms with Crippen LogP contribution >= 0.6 is 0 Å². The van der Waals surface area contributed by atoms with Crippen LogP contribution in [0.2, 0.25) is 0 Å². The largest absolute Gasteiger partial charge is 0.511 e. The molecule has 0 saturated heterocycles. The number of hydrogen-bond acceptors (Lipinski definition) is 9. The number of nitrogens with zero attached hydrogens (tertiary/aromatic N) is 3. The first-order chi connectivity index (χ1) is 24.1. The number of rotatable bonds is 11. The second-order valence-electron chi connectivity index (χ2n) is 12.4. The lowest BCUT2D eigenvalue weighted by molar-refractivity contribution is -0.0293. The van der Waals surface area contributed by atoms with Crippen molar-refractivity contribution in [2.24, 2.45) is 12.5 Å². The summed E-state index contributed by atoms with van der Waals surface area (Å²) in [6.07, 6.45) is 11.7. The molecule has 0 saturated carbocycles. The van der Waals surface area contributed by atoms with E-state index < -0.39 is 30.4 Å². The minimum absolute atomic E-state index is 0.0341. The van der Waals surface area contributed by atoms with Crippen molar-refractivity contribution in [3.63, 3.8) is 0 Å². The van der Waals surface area contributed by atoms with Crippen LogP contribution < -0.4 is 10.1 Å². The molecule has 0 radical (unpaired) electrons. The third kappa shape index (κ3) is 7.44. The minimum atomic E-state index is -0.952. The van der Waals surface area contributed by atoms with Gasteiger partial charge < -0.3 is 28.3 Å². The van der Waals surface area contributed by atoms with Crippen LogP contribution in [0.3, 0.4) is 0 Å². The van der Waals surface area contributed by atoms with Crippen molar-refractivity contribution in [1.29, 1.82) is 0 Å². The molecule has 1 amide bonds. The molecule has 1 aliphatic heterocycles. The summed E-state index contributed by atoms with van der Waals surface area (Å²) in [5.41, 5.74) is 5.52. The summed E-state index contributed by atoms with van der Waals surface area (Å²) in [6, 6.07) is 15.5. The molecule has 1 N–H and O–H groups in total. The zero-order valence-corrected chi connectivity index (χ0v) is 28.5. The molecule has 0 fully saturated rings. The Balaban J connectivity index is 1.19. The number of fused-ring (bicyclic) bond motifs is 1. The van der Waals surface area contributed by atoms with Crippen molar-refractivity contribution in [3.05, 3.63) is 113 Å². The normalized spacial score (nSPS) is 18.7. The van der Waals surface area contributed by atoms with Crippen LogP contribution in [-0.2, 0) is 39.1 Å². The molecule has 2 atom stereocenters. The average Bonchev–Trinajstić information content (AvgIpc) is 3.62. The van der Waals surface area contributed by atoms with Gasteiger partial charge in [0.25, 0.3) is 6.01 Å². The van der Waals surface area contributed by atoms with E-state index in [1.807, 2.05) is 66.7 Å². The number of imidazole rings is 1. The Morgan fingerprint density at radius 1 is 1.08 bits per heavy atom. The molecular weight excluding hydrogens is 640 g/mol. The first kappa shape index (κ1) is 34.1. The Hall–Kier alpha value is -5.78. The molecule has 12 heteroatoms. The zero-order valence-electron chi connectivity index (χ0n) is 28.5. The van der Waals surface area contributed by atoms with Crippen LogP contribution in [0.25, 0.3) is 16.6 Å². The van der Waals surface area contributed by atoms with Gasteiger partial charge in [0, 0.05) is 42.5 Å². The van der Waals surface area contributed by atoms with Gasteiger partial charge in [-0.1, -0.05) is 54.6 Å². The summed E-state index contributed by atoms with van der Waals surface area (Å²) in [4.78, 5) is 42.4. The van der Waals surface area contributed by atoms with Crippen molar-refractivity contribution < 1.29 is 38.1 Å². The highest BCUT2D eigenvalue weighted by atomic mass is 16.8. The van der Waals surface area contributed by atoms with Gasteiger partial charge in [0.1, 0.15) is 12.7 Å². The van der Waals surface area contributed by atoms with Crippen LogP contribution in [0.5, 0.6) is 6.01 Å². The van der Waals surface area contributed by atoms with Crippen LogP contribution in [0.1, 0.15) is 60.7 Å². The third-order valence-electron chi connectivity index (χ3n) is 8.76. The highest BCUT2D eigenvalue weighted by Crippen LogP contribution is 2.46. The van der Waals surface area contributed by atoms with Crippen LogP contribution in [0.4, 0.5) is 9.59 Å². The number of carbonyl (C=O) groups is 3.